The fourth-order valence-corrected chi connectivity index (χ4v) is 11.7. The second-order valence-corrected chi connectivity index (χ2v) is 19.7. The van der Waals surface area contributed by atoms with Crippen LogP contribution in [-0.4, -0.2) is 0 Å². The van der Waals surface area contributed by atoms with E-state index in [0.29, 0.717) is 0 Å². The van der Waals surface area contributed by atoms with Gasteiger partial charge in [0.2, 0.25) is 0 Å². The van der Waals surface area contributed by atoms with Gasteiger partial charge in [0.15, 0.2) is 0 Å². The molecule has 11 aromatic rings. The van der Waals surface area contributed by atoms with Crippen molar-refractivity contribution in [1.29, 1.82) is 0 Å². The first-order chi connectivity index (χ1) is 33.8. The summed E-state index contributed by atoms with van der Waals surface area (Å²) in [6, 6.07) is 83.4. The maximum Gasteiger partial charge on any atom is 0.144 e. The van der Waals surface area contributed by atoms with E-state index in [4.69, 9.17) is 4.42 Å². The molecule has 2 aliphatic rings. The van der Waals surface area contributed by atoms with Crippen molar-refractivity contribution in [2.45, 2.75) is 38.5 Å². The van der Waals surface area contributed by atoms with Crippen LogP contribution in [0, 0.1) is 0 Å². The first kappa shape index (κ1) is 40.8. The number of nitrogens with zero attached hydrogens (tertiary/aromatic N) is 2. The minimum Gasteiger partial charge on any atom is -0.455 e. The quantitative estimate of drug-likeness (QED) is 0.152. The molecule has 0 atom stereocenters. The van der Waals surface area contributed by atoms with Crippen LogP contribution in [0.2, 0.25) is 0 Å². The van der Waals surface area contributed by atoms with Crippen LogP contribution in [-0.2, 0) is 10.8 Å². The smallest absolute Gasteiger partial charge is 0.144 e. The molecule has 13 rings (SSSR count). The van der Waals surface area contributed by atoms with E-state index in [2.05, 4.69) is 268 Å². The van der Waals surface area contributed by atoms with Gasteiger partial charge in [-0.15, -0.1) is 0 Å². The lowest BCUT2D eigenvalue weighted by molar-refractivity contribution is 0.600. The van der Waals surface area contributed by atoms with Crippen molar-refractivity contribution < 1.29 is 4.42 Å². The van der Waals surface area contributed by atoms with E-state index in [1.54, 1.807) is 0 Å². The molecule has 1 heterocycles. The Kier molecular flexibility index (Phi) is 9.22. The molecule has 0 saturated heterocycles. The minimum atomic E-state index is -0.309. The van der Waals surface area contributed by atoms with Crippen molar-refractivity contribution in [1.82, 2.24) is 0 Å². The number of benzene rings is 10. The summed E-state index contributed by atoms with van der Waals surface area (Å²) >= 11 is 0. The van der Waals surface area contributed by atoms with Crippen LogP contribution in [0.4, 0.5) is 34.1 Å². The van der Waals surface area contributed by atoms with Crippen molar-refractivity contribution >= 4 is 56.1 Å². The summed E-state index contributed by atoms with van der Waals surface area (Å²) in [6.45, 7) is 9.74. The molecule has 0 saturated carbocycles. The molecule has 0 amide bonds. The molecule has 1 aromatic heterocycles. The van der Waals surface area contributed by atoms with Gasteiger partial charge in [0.25, 0.3) is 0 Å². The van der Waals surface area contributed by atoms with Crippen LogP contribution in [0.3, 0.4) is 0 Å². The highest BCUT2D eigenvalue weighted by Gasteiger charge is 2.48. The second kappa shape index (κ2) is 15.6. The van der Waals surface area contributed by atoms with E-state index in [0.717, 1.165) is 45.3 Å². The predicted octanol–water partition coefficient (Wildman–Crippen LogP) is 18.5. The zero-order valence-corrected chi connectivity index (χ0v) is 39.2. The number of rotatable bonds is 8. The SMILES string of the molecule is CC1(C)c2cc(-c3ccc(N(c4ccccc4)c4ccccc4)cc3)ccc2-c2c1c1c(c3c2oc2ccccc23)-c2ccc(-c3ccc(N(c4ccccc4)c4ccccc4)cc3)cc2C1(C)C. The minimum absolute atomic E-state index is 0.296. The molecule has 330 valence electrons. The van der Waals surface area contributed by atoms with Gasteiger partial charge in [-0.05, 0) is 152 Å². The van der Waals surface area contributed by atoms with Crippen molar-refractivity contribution in [2.24, 2.45) is 0 Å². The monoisotopic (exact) mass is 886 g/mol. The molecule has 69 heavy (non-hydrogen) atoms. The van der Waals surface area contributed by atoms with Gasteiger partial charge < -0.3 is 14.2 Å². The molecular weight excluding hydrogens is 837 g/mol. The molecule has 0 spiro atoms. The average molecular weight is 887 g/mol. The van der Waals surface area contributed by atoms with E-state index in [9.17, 15) is 0 Å². The highest BCUT2D eigenvalue weighted by Crippen LogP contribution is 2.63. The summed E-state index contributed by atoms with van der Waals surface area (Å²) in [5.74, 6) is 0. The Hall–Kier alpha value is -8.40. The van der Waals surface area contributed by atoms with E-state index in [-0.39, 0.29) is 10.8 Å². The Bertz CT molecular complexity index is 3660. The van der Waals surface area contributed by atoms with Crippen molar-refractivity contribution in [3.05, 3.63) is 253 Å². The lowest BCUT2D eigenvalue weighted by Gasteiger charge is -2.31. The van der Waals surface area contributed by atoms with Crippen LogP contribution in [0.25, 0.3) is 66.4 Å². The van der Waals surface area contributed by atoms with Gasteiger partial charge in [-0.2, -0.15) is 0 Å². The van der Waals surface area contributed by atoms with E-state index in [1.165, 1.54) is 77.5 Å². The summed E-state index contributed by atoms with van der Waals surface area (Å²) in [4.78, 5) is 4.63. The molecule has 0 bridgehead atoms. The van der Waals surface area contributed by atoms with Gasteiger partial charge in [0.05, 0.1) is 0 Å². The number of fused-ring (bicyclic) bond motifs is 12. The van der Waals surface area contributed by atoms with Crippen LogP contribution in [0.1, 0.15) is 49.9 Å². The van der Waals surface area contributed by atoms with Crippen molar-refractivity contribution in [2.75, 3.05) is 9.80 Å². The Labute approximate surface area is 404 Å². The van der Waals surface area contributed by atoms with Gasteiger partial charge >= 0.3 is 0 Å². The molecule has 10 aromatic carbocycles. The maximum absolute atomic E-state index is 7.06. The van der Waals surface area contributed by atoms with Crippen molar-refractivity contribution in [3.8, 4) is 44.5 Å². The molecular formula is C66H50N2O. The molecule has 0 aliphatic heterocycles. The zero-order valence-electron chi connectivity index (χ0n) is 39.2. The number of hydrogen-bond acceptors (Lipinski definition) is 3. The van der Waals surface area contributed by atoms with Gasteiger partial charge in [0, 0.05) is 61.3 Å². The number of furan rings is 1. The molecule has 3 nitrogen and oxygen atoms in total. The zero-order chi connectivity index (χ0) is 46.4. The molecule has 3 heteroatoms. The molecule has 2 aliphatic carbocycles. The summed E-state index contributed by atoms with van der Waals surface area (Å²) in [5, 5.41) is 2.38. The molecule has 0 fully saturated rings. The van der Waals surface area contributed by atoms with Gasteiger partial charge in [-0.1, -0.05) is 167 Å². The first-order valence-electron chi connectivity index (χ1n) is 24.1. The average Bonchev–Trinajstić information content (AvgIpc) is 3.97. The third kappa shape index (κ3) is 6.34. The largest absolute Gasteiger partial charge is 0.455 e. The summed E-state index contributed by atoms with van der Waals surface area (Å²) in [7, 11) is 0. The number of hydrogen-bond donors (Lipinski definition) is 0. The van der Waals surface area contributed by atoms with Gasteiger partial charge in [-0.25, -0.2) is 0 Å². The Morgan fingerprint density at radius 1 is 0.333 bits per heavy atom. The molecule has 0 N–H and O–H groups in total. The highest BCUT2D eigenvalue weighted by molar-refractivity contribution is 6.21. The fourth-order valence-electron chi connectivity index (χ4n) is 11.7. The summed E-state index contributed by atoms with van der Waals surface area (Å²) in [5.41, 5.74) is 23.4. The van der Waals surface area contributed by atoms with E-state index >= 15 is 0 Å². The van der Waals surface area contributed by atoms with Gasteiger partial charge in [-0.3, -0.25) is 0 Å². The first-order valence-corrected chi connectivity index (χ1v) is 24.1. The second-order valence-electron chi connectivity index (χ2n) is 19.7. The molecule has 0 radical (unpaired) electrons. The standard InChI is InChI=1S/C66H50N2O/c1-65(2)56-41-45(43-29-35-51(36-30-43)67(47-19-9-5-10-20-47)48-21-11-6-12-22-48)33-39-53(56)59-60-55-27-17-18-28-58(55)69-64(60)61-54-40-34-46(42-57(54)66(3,4)63(61)62(59)65)44-31-37-52(38-32-44)68(49-23-13-7-14-24-49)50-25-15-8-16-26-50/h5-42H,1-4H3. The number of anilines is 6. The summed E-state index contributed by atoms with van der Waals surface area (Å²) < 4.78 is 7.06. The fraction of sp³-hybridized carbons (Fsp3) is 0.0909. The van der Waals surface area contributed by atoms with E-state index in [1.807, 2.05) is 0 Å². The van der Waals surface area contributed by atoms with Crippen LogP contribution < -0.4 is 9.80 Å². The Balaban J connectivity index is 0.913. The third-order valence-electron chi connectivity index (χ3n) is 15.0. The van der Waals surface area contributed by atoms with Crippen LogP contribution in [0.5, 0.6) is 0 Å². The lowest BCUT2D eigenvalue weighted by atomic mass is 9.71. The maximum atomic E-state index is 7.06. The van der Waals surface area contributed by atoms with Crippen molar-refractivity contribution in [3.63, 3.8) is 0 Å². The predicted molar refractivity (Wildman–Crippen MR) is 289 cm³/mol. The topological polar surface area (TPSA) is 19.6 Å². The molecule has 0 unspecified atom stereocenters. The Morgan fingerprint density at radius 2 is 0.681 bits per heavy atom. The third-order valence-corrected chi connectivity index (χ3v) is 15.0. The summed E-state index contributed by atoms with van der Waals surface area (Å²) in [6.07, 6.45) is 0. The van der Waals surface area contributed by atoms with E-state index < -0.39 is 0 Å². The van der Waals surface area contributed by atoms with Crippen LogP contribution in [0.15, 0.2) is 235 Å². The highest BCUT2D eigenvalue weighted by atomic mass is 16.3. The van der Waals surface area contributed by atoms with Gasteiger partial charge in [0.1, 0.15) is 11.2 Å². The number of para-hydroxylation sites is 5. The Morgan fingerprint density at radius 3 is 1.12 bits per heavy atom. The normalized spacial score (nSPS) is 13.7. The lowest BCUT2D eigenvalue weighted by Crippen LogP contribution is -2.24. The van der Waals surface area contributed by atoms with Crippen LogP contribution >= 0.6 is 0 Å².